The van der Waals surface area contributed by atoms with Gasteiger partial charge in [0.15, 0.2) is 5.96 Å². The zero-order valence-electron chi connectivity index (χ0n) is 17.3. The molecule has 7 heteroatoms. The molecule has 3 N–H and O–H groups in total. The number of aliphatic imine (C=N–C) groups is 1. The highest BCUT2D eigenvalue weighted by atomic mass is 16.5. The summed E-state index contributed by atoms with van der Waals surface area (Å²) in [6, 6.07) is 13.5. The fourth-order valence-corrected chi connectivity index (χ4v) is 3.48. The predicted octanol–water partition coefficient (Wildman–Crippen LogP) is 2.74. The minimum absolute atomic E-state index is 0.216. The monoisotopic (exact) mass is 398 g/mol. The number of hydrogen-bond acceptors (Lipinski definition) is 5. The van der Waals surface area contributed by atoms with Crippen molar-refractivity contribution in [2.75, 3.05) is 38.8 Å². The number of phenolic OH excluding ortho intramolecular Hbond substituents is 1. The van der Waals surface area contributed by atoms with Crippen molar-refractivity contribution in [3.05, 3.63) is 48.0 Å². The van der Waals surface area contributed by atoms with Gasteiger partial charge in [0.05, 0.1) is 26.5 Å². The second kappa shape index (κ2) is 9.91. The van der Waals surface area contributed by atoms with Gasteiger partial charge in [-0.05, 0) is 43.7 Å². The lowest BCUT2D eigenvalue weighted by atomic mass is 10.2. The minimum atomic E-state index is 0.216. The molecule has 0 aromatic heterocycles. The number of nitrogens with zero attached hydrogens (tertiary/aromatic N) is 2. The lowest BCUT2D eigenvalue weighted by Crippen LogP contribution is -2.44. The Kier molecular flexibility index (Phi) is 7.05. The van der Waals surface area contributed by atoms with Gasteiger partial charge in [0.2, 0.25) is 0 Å². The van der Waals surface area contributed by atoms with Crippen LogP contribution in [-0.2, 0) is 6.54 Å². The molecule has 0 saturated carbocycles. The van der Waals surface area contributed by atoms with E-state index in [-0.39, 0.29) is 11.8 Å². The van der Waals surface area contributed by atoms with E-state index in [0.29, 0.717) is 12.3 Å². The third-order valence-corrected chi connectivity index (χ3v) is 4.99. The van der Waals surface area contributed by atoms with Gasteiger partial charge in [-0.25, -0.2) is 4.99 Å². The largest absolute Gasteiger partial charge is 0.508 e. The number of nitrogens with one attached hydrogen (secondary N) is 2. The Balaban J connectivity index is 1.66. The van der Waals surface area contributed by atoms with Crippen LogP contribution >= 0.6 is 0 Å². The molecule has 29 heavy (non-hydrogen) atoms. The average Bonchev–Trinajstić information content (AvgIpc) is 3.21. The van der Waals surface area contributed by atoms with E-state index in [4.69, 9.17) is 9.47 Å². The molecule has 1 saturated heterocycles. The molecule has 0 spiro atoms. The summed E-state index contributed by atoms with van der Waals surface area (Å²) in [4.78, 5) is 6.98. The van der Waals surface area contributed by atoms with Crippen molar-refractivity contribution >= 4 is 11.6 Å². The maximum Gasteiger partial charge on any atom is 0.191 e. The van der Waals surface area contributed by atoms with E-state index in [2.05, 4.69) is 26.6 Å². The number of hydrogen-bond donors (Lipinski definition) is 3. The van der Waals surface area contributed by atoms with Gasteiger partial charge in [-0.1, -0.05) is 12.1 Å². The molecule has 2 aromatic carbocycles. The van der Waals surface area contributed by atoms with Crippen LogP contribution in [0.4, 0.5) is 5.69 Å². The van der Waals surface area contributed by atoms with Gasteiger partial charge in [0.1, 0.15) is 17.2 Å². The molecule has 1 aliphatic heterocycles. The Morgan fingerprint density at radius 3 is 2.79 bits per heavy atom. The molecule has 1 heterocycles. The van der Waals surface area contributed by atoms with Crippen LogP contribution in [0.3, 0.4) is 0 Å². The summed E-state index contributed by atoms with van der Waals surface area (Å²) >= 11 is 0. The molecule has 0 radical (unpaired) electrons. The van der Waals surface area contributed by atoms with Crippen LogP contribution in [0.1, 0.15) is 18.9 Å². The number of rotatable bonds is 7. The zero-order valence-corrected chi connectivity index (χ0v) is 17.3. The summed E-state index contributed by atoms with van der Waals surface area (Å²) in [6.07, 6.45) is 1.01. The lowest BCUT2D eigenvalue weighted by molar-refractivity contribution is 0.411. The number of benzene rings is 2. The fraction of sp³-hybridized carbons (Fsp3) is 0.409. The fourth-order valence-electron chi connectivity index (χ4n) is 3.48. The van der Waals surface area contributed by atoms with Crippen molar-refractivity contribution in [2.24, 2.45) is 4.99 Å². The minimum Gasteiger partial charge on any atom is -0.508 e. The molecular weight excluding hydrogens is 368 g/mol. The van der Waals surface area contributed by atoms with E-state index < -0.39 is 0 Å². The highest BCUT2D eigenvalue weighted by Crippen LogP contribution is 2.30. The average molecular weight is 399 g/mol. The van der Waals surface area contributed by atoms with Crippen molar-refractivity contribution in [2.45, 2.75) is 25.9 Å². The second-order valence-corrected chi connectivity index (χ2v) is 6.94. The van der Waals surface area contributed by atoms with Crippen LogP contribution < -0.4 is 25.0 Å². The van der Waals surface area contributed by atoms with Crippen molar-refractivity contribution in [1.82, 2.24) is 10.6 Å². The van der Waals surface area contributed by atoms with Crippen LogP contribution in [0.2, 0.25) is 0 Å². The topological polar surface area (TPSA) is 78.4 Å². The normalized spacial score (nSPS) is 16.6. The summed E-state index contributed by atoms with van der Waals surface area (Å²) in [6.45, 7) is 4.99. The van der Waals surface area contributed by atoms with Crippen molar-refractivity contribution in [3.8, 4) is 17.2 Å². The lowest BCUT2D eigenvalue weighted by Gasteiger charge is -2.22. The molecule has 7 nitrogen and oxygen atoms in total. The Morgan fingerprint density at radius 2 is 2.03 bits per heavy atom. The van der Waals surface area contributed by atoms with E-state index >= 15 is 0 Å². The van der Waals surface area contributed by atoms with Crippen LogP contribution in [0.5, 0.6) is 17.2 Å². The van der Waals surface area contributed by atoms with Gasteiger partial charge in [-0.2, -0.15) is 0 Å². The Labute approximate surface area is 172 Å². The third-order valence-electron chi connectivity index (χ3n) is 4.99. The van der Waals surface area contributed by atoms with Gasteiger partial charge in [-0.15, -0.1) is 0 Å². The van der Waals surface area contributed by atoms with Gasteiger partial charge >= 0.3 is 0 Å². The molecule has 3 rings (SSSR count). The number of guanidine groups is 1. The summed E-state index contributed by atoms with van der Waals surface area (Å²) in [5.41, 5.74) is 1.84. The van der Waals surface area contributed by atoms with E-state index in [1.165, 1.54) is 0 Å². The molecule has 1 fully saturated rings. The summed E-state index contributed by atoms with van der Waals surface area (Å²) in [5.74, 6) is 2.55. The molecule has 0 bridgehead atoms. The Morgan fingerprint density at radius 1 is 1.21 bits per heavy atom. The maximum atomic E-state index is 10.1. The second-order valence-electron chi connectivity index (χ2n) is 6.94. The summed E-state index contributed by atoms with van der Waals surface area (Å²) < 4.78 is 10.7. The smallest absolute Gasteiger partial charge is 0.191 e. The molecule has 2 aromatic rings. The highest BCUT2D eigenvalue weighted by Gasteiger charge is 2.25. The molecule has 0 amide bonds. The highest BCUT2D eigenvalue weighted by molar-refractivity contribution is 5.80. The molecule has 0 aliphatic carbocycles. The number of para-hydroxylation sites is 2. The predicted molar refractivity (Wildman–Crippen MR) is 116 cm³/mol. The number of anilines is 1. The molecule has 1 atom stereocenters. The van der Waals surface area contributed by atoms with Gasteiger partial charge < -0.3 is 30.1 Å². The number of ether oxygens (including phenoxy) is 2. The quantitative estimate of drug-likeness (QED) is 0.492. The van der Waals surface area contributed by atoms with Crippen molar-refractivity contribution in [3.63, 3.8) is 0 Å². The van der Waals surface area contributed by atoms with Gasteiger partial charge in [0.25, 0.3) is 0 Å². The molecule has 1 aliphatic rings. The number of phenols is 1. The summed E-state index contributed by atoms with van der Waals surface area (Å²) in [5, 5.41) is 16.9. The van der Waals surface area contributed by atoms with Crippen LogP contribution in [0, 0.1) is 0 Å². The Bertz CT molecular complexity index is 841. The van der Waals surface area contributed by atoms with Crippen LogP contribution in [-0.4, -0.2) is 51.0 Å². The molecule has 1 unspecified atom stereocenters. The first-order valence-electron chi connectivity index (χ1n) is 9.93. The SMILES string of the molecule is CCNC(=NCc1cc(OC)ccc1O)NC1CCN(c2ccccc2OC)C1. The first kappa shape index (κ1) is 20.6. The molecule has 156 valence electrons. The van der Waals surface area contributed by atoms with Crippen molar-refractivity contribution in [1.29, 1.82) is 0 Å². The van der Waals surface area contributed by atoms with Crippen LogP contribution in [0.15, 0.2) is 47.5 Å². The van der Waals surface area contributed by atoms with E-state index in [0.717, 1.165) is 49.0 Å². The third kappa shape index (κ3) is 5.25. The van der Waals surface area contributed by atoms with Gasteiger partial charge in [-0.3, -0.25) is 0 Å². The van der Waals surface area contributed by atoms with Crippen LogP contribution in [0.25, 0.3) is 0 Å². The first-order chi connectivity index (χ1) is 14.1. The number of aromatic hydroxyl groups is 1. The van der Waals surface area contributed by atoms with Gasteiger partial charge in [0, 0.05) is 31.2 Å². The standard InChI is InChI=1S/C22H30N4O3/c1-4-23-22(24-14-16-13-18(28-2)9-10-20(16)27)25-17-11-12-26(15-17)19-7-5-6-8-21(19)29-3/h5-10,13,17,27H,4,11-12,14-15H2,1-3H3,(H2,23,24,25). The van der Waals surface area contributed by atoms with E-state index in [1.807, 2.05) is 25.1 Å². The Hall–Kier alpha value is -3.09. The van der Waals surface area contributed by atoms with E-state index in [9.17, 15) is 5.11 Å². The number of methoxy groups -OCH3 is 2. The molecular formula is C22H30N4O3. The zero-order chi connectivity index (χ0) is 20.6. The summed E-state index contributed by atoms with van der Waals surface area (Å²) in [7, 11) is 3.31. The van der Waals surface area contributed by atoms with E-state index in [1.54, 1.807) is 32.4 Å². The first-order valence-corrected chi connectivity index (χ1v) is 9.93. The van der Waals surface area contributed by atoms with Crippen molar-refractivity contribution < 1.29 is 14.6 Å². The maximum absolute atomic E-state index is 10.1.